The van der Waals surface area contributed by atoms with Crippen molar-refractivity contribution < 1.29 is 4.79 Å². The molecule has 1 aromatic heterocycles. The number of aromatic nitrogens is 3. The van der Waals surface area contributed by atoms with Crippen LogP contribution in [0.2, 0.25) is 0 Å². The molecule has 0 aliphatic rings. The molecule has 134 valence electrons. The summed E-state index contributed by atoms with van der Waals surface area (Å²) in [5.74, 6) is 0.781. The van der Waals surface area contributed by atoms with E-state index in [0.29, 0.717) is 6.54 Å². The van der Waals surface area contributed by atoms with Crippen LogP contribution in [0.25, 0.3) is 11.4 Å². The Hall–Kier alpha value is -2.60. The van der Waals surface area contributed by atoms with E-state index in [1.165, 1.54) is 17.3 Å². The van der Waals surface area contributed by atoms with E-state index in [2.05, 4.69) is 34.6 Å². The fourth-order valence-corrected chi connectivity index (χ4v) is 3.35. The quantitative estimate of drug-likeness (QED) is 0.677. The smallest absolute Gasteiger partial charge is 0.233 e. The van der Waals surface area contributed by atoms with Gasteiger partial charge >= 0.3 is 0 Å². The average Bonchev–Trinajstić information content (AvgIpc) is 3.01. The van der Waals surface area contributed by atoms with Gasteiger partial charge in [-0.25, -0.2) is 0 Å². The summed E-state index contributed by atoms with van der Waals surface area (Å²) in [6.45, 7) is 4.46. The maximum atomic E-state index is 12.4. The first-order valence-electron chi connectivity index (χ1n) is 8.49. The second-order valence-electron chi connectivity index (χ2n) is 6.19. The minimum atomic E-state index is -0.257. The molecule has 5 nitrogen and oxygen atoms in total. The van der Waals surface area contributed by atoms with E-state index in [-0.39, 0.29) is 11.2 Å². The van der Waals surface area contributed by atoms with Gasteiger partial charge in [0, 0.05) is 19.2 Å². The molecule has 1 atom stereocenters. The Balaban J connectivity index is 1.63. The van der Waals surface area contributed by atoms with Gasteiger partial charge in [-0.1, -0.05) is 71.9 Å². The number of rotatable bonds is 6. The maximum absolute atomic E-state index is 12.4. The number of thioether (sulfide) groups is 1. The molecule has 0 spiro atoms. The van der Waals surface area contributed by atoms with Gasteiger partial charge in [-0.15, -0.1) is 10.2 Å². The van der Waals surface area contributed by atoms with Gasteiger partial charge < -0.3 is 9.88 Å². The zero-order valence-corrected chi connectivity index (χ0v) is 16.0. The molecule has 1 heterocycles. The van der Waals surface area contributed by atoms with E-state index in [1.54, 1.807) is 0 Å². The summed E-state index contributed by atoms with van der Waals surface area (Å²) in [6.07, 6.45) is 0. The molecule has 6 heteroatoms. The Morgan fingerprint density at radius 1 is 1.12 bits per heavy atom. The molecule has 0 aliphatic carbocycles. The number of carbonyl (C=O) groups excluding carboxylic acids is 1. The van der Waals surface area contributed by atoms with Gasteiger partial charge in [0.2, 0.25) is 5.91 Å². The summed E-state index contributed by atoms with van der Waals surface area (Å²) in [4.78, 5) is 12.4. The Kier molecular flexibility index (Phi) is 5.73. The summed E-state index contributed by atoms with van der Waals surface area (Å²) >= 11 is 1.41. The molecule has 0 saturated carbocycles. The predicted octanol–water partition coefficient (Wildman–Crippen LogP) is 3.59. The molecular weight excluding hydrogens is 344 g/mol. The van der Waals surface area contributed by atoms with E-state index in [1.807, 2.05) is 61.0 Å². The first kappa shape index (κ1) is 18.2. The van der Waals surface area contributed by atoms with Crippen molar-refractivity contribution in [3.63, 3.8) is 0 Å². The second kappa shape index (κ2) is 8.19. The third-order valence-electron chi connectivity index (χ3n) is 4.11. The van der Waals surface area contributed by atoms with Crippen molar-refractivity contribution in [3.8, 4) is 11.4 Å². The largest absolute Gasteiger partial charge is 0.351 e. The predicted molar refractivity (Wildman–Crippen MR) is 105 cm³/mol. The van der Waals surface area contributed by atoms with Crippen LogP contribution >= 0.6 is 11.8 Å². The third-order valence-corrected chi connectivity index (χ3v) is 5.24. The standard InChI is InChI=1S/C20H22N4OS/c1-14-9-11-17(12-10-14)18-22-23-20(24(18)3)26-15(2)19(25)21-13-16-7-5-4-6-8-16/h4-12,15H,13H2,1-3H3,(H,21,25)/t15-/m1/s1. The van der Waals surface area contributed by atoms with Crippen LogP contribution in [0, 0.1) is 6.92 Å². The van der Waals surface area contributed by atoms with Gasteiger partial charge in [0.05, 0.1) is 5.25 Å². The van der Waals surface area contributed by atoms with Crippen LogP contribution in [0.5, 0.6) is 0 Å². The molecule has 26 heavy (non-hydrogen) atoms. The highest BCUT2D eigenvalue weighted by Gasteiger charge is 2.19. The second-order valence-corrected chi connectivity index (χ2v) is 7.50. The lowest BCUT2D eigenvalue weighted by atomic mass is 10.1. The highest BCUT2D eigenvalue weighted by molar-refractivity contribution is 8.00. The lowest BCUT2D eigenvalue weighted by molar-refractivity contribution is -0.120. The van der Waals surface area contributed by atoms with Gasteiger partial charge in [0.1, 0.15) is 0 Å². The van der Waals surface area contributed by atoms with Crippen LogP contribution < -0.4 is 5.32 Å². The zero-order valence-electron chi connectivity index (χ0n) is 15.1. The number of hydrogen-bond donors (Lipinski definition) is 1. The Morgan fingerprint density at radius 2 is 1.81 bits per heavy atom. The minimum absolute atomic E-state index is 0.0151. The topological polar surface area (TPSA) is 59.8 Å². The van der Waals surface area contributed by atoms with Crippen LogP contribution in [-0.4, -0.2) is 25.9 Å². The lowest BCUT2D eigenvalue weighted by Gasteiger charge is -2.11. The highest BCUT2D eigenvalue weighted by atomic mass is 32.2. The molecule has 0 unspecified atom stereocenters. The van der Waals surface area contributed by atoms with Crippen LogP contribution in [0.4, 0.5) is 0 Å². The zero-order chi connectivity index (χ0) is 18.5. The molecule has 0 bridgehead atoms. The van der Waals surface area contributed by atoms with Crippen molar-refractivity contribution in [2.75, 3.05) is 0 Å². The monoisotopic (exact) mass is 366 g/mol. The first-order valence-corrected chi connectivity index (χ1v) is 9.37. The summed E-state index contributed by atoms with van der Waals surface area (Å²) in [5.41, 5.74) is 3.30. The van der Waals surface area contributed by atoms with Crippen molar-refractivity contribution in [2.24, 2.45) is 7.05 Å². The Bertz CT molecular complexity index is 875. The first-order chi connectivity index (χ1) is 12.5. The molecule has 0 fully saturated rings. The van der Waals surface area contributed by atoms with Crippen LogP contribution in [-0.2, 0) is 18.4 Å². The van der Waals surface area contributed by atoms with Crippen molar-refractivity contribution >= 4 is 17.7 Å². The van der Waals surface area contributed by atoms with Crippen LogP contribution in [0.1, 0.15) is 18.1 Å². The normalized spacial score (nSPS) is 12.0. The molecule has 2 aromatic carbocycles. The summed E-state index contributed by atoms with van der Waals surface area (Å²) in [6, 6.07) is 18.0. The molecule has 1 amide bonds. The summed E-state index contributed by atoms with van der Waals surface area (Å²) in [5, 5.41) is 12.0. The van der Waals surface area contributed by atoms with Gasteiger partial charge in [0.25, 0.3) is 0 Å². The number of nitrogens with one attached hydrogen (secondary N) is 1. The van der Waals surface area contributed by atoms with E-state index in [9.17, 15) is 4.79 Å². The Morgan fingerprint density at radius 3 is 2.50 bits per heavy atom. The molecule has 0 aliphatic heterocycles. The number of benzene rings is 2. The number of carbonyl (C=O) groups is 1. The summed E-state index contributed by atoms with van der Waals surface area (Å²) in [7, 11) is 1.92. The van der Waals surface area contributed by atoms with E-state index in [4.69, 9.17) is 0 Å². The fourth-order valence-electron chi connectivity index (χ4n) is 2.51. The highest BCUT2D eigenvalue weighted by Crippen LogP contribution is 2.25. The minimum Gasteiger partial charge on any atom is -0.351 e. The van der Waals surface area contributed by atoms with Crippen molar-refractivity contribution in [2.45, 2.75) is 30.8 Å². The van der Waals surface area contributed by atoms with Crippen molar-refractivity contribution in [3.05, 3.63) is 65.7 Å². The SMILES string of the molecule is Cc1ccc(-c2nnc(S[C@H](C)C(=O)NCc3ccccc3)n2C)cc1. The molecule has 0 saturated heterocycles. The van der Waals surface area contributed by atoms with E-state index < -0.39 is 0 Å². The van der Waals surface area contributed by atoms with Gasteiger partial charge in [-0.2, -0.15) is 0 Å². The number of nitrogens with zero attached hydrogens (tertiary/aromatic N) is 3. The average molecular weight is 366 g/mol. The molecule has 1 N–H and O–H groups in total. The van der Waals surface area contributed by atoms with Crippen molar-refractivity contribution in [1.82, 2.24) is 20.1 Å². The van der Waals surface area contributed by atoms with Crippen LogP contribution in [0.15, 0.2) is 59.8 Å². The van der Waals surface area contributed by atoms with Crippen molar-refractivity contribution in [1.29, 1.82) is 0 Å². The van der Waals surface area contributed by atoms with Gasteiger partial charge in [-0.05, 0) is 19.4 Å². The fraction of sp³-hybridized carbons (Fsp3) is 0.250. The molecule has 0 radical (unpaired) electrons. The van der Waals surface area contributed by atoms with Crippen LogP contribution in [0.3, 0.4) is 0 Å². The third kappa shape index (κ3) is 4.32. The maximum Gasteiger partial charge on any atom is 0.233 e. The number of amides is 1. The van der Waals surface area contributed by atoms with Gasteiger partial charge in [0.15, 0.2) is 11.0 Å². The summed E-state index contributed by atoms with van der Waals surface area (Å²) < 4.78 is 1.93. The molecule has 3 rings (SSSR count). The number of hydrogen-bond acceptors (Lipinski definition) is 4. The molecule has 3 aromatic rings. The molecular formula is C20H22N4OS. The van der Waals surface area contributed by atoms with Gasteiger partial charge in [-0.3, -0.25) is 4.79 Å². The lowest BCUT2D eigenvalue weighted by Crippen LogP contribution is -2.30. The van der Waals surface area contributed by atoms with E-state index in [0.717, 1.165) is 22.1 Å². The number of aryl methyl sites for hydroxylation is 1. The van der Waals surface area contributed by atoms with E-state index >= 15 is 0 Å². The Labute approximate surface area is 157 Å².